The van der Waals surface area contributed by atoms with Gasteiger partial charge in [-0.2, -0.15) is 0 Å². The molecular formula is C11H11BrClN3O. The summed E-state index contributed by atoms with van der Waals surface area (Å²) >= 11 is 9.52. The molecule has 17 heavy (non-hydrogen) atoms. The summed E-state index contributed by atoms with van der Waals surface area (Å²) in [5.74, 6) is 0. The van der Waals surface area contributed by atoms with Crippen molar-refractivity contribution < 1.29 is 5.11 Å². The molecule has 0 amide bonds. The molecule has 0 aliphatic heterocycles. The van der Waals surface area contributed by atoms with E-state index in [1.54, 1.807) is 0 Å². The summed E-state index contributed by atoms with van der Waals surface area (Å²) in [6.07, 6.45) is 4.91. The average Bonchev–Trinajstić information content (AvgIpc) is 2.54. The first kappa shape index (κ1) is 11.4. The van der Waals surface area contributed by atoms with Crippen LogP contribution in [0.5, 0.6) is 0 Å². The molecule has 2 aromatic rings. The highest BCUT2D eigenvalue weighted by molar-refractivity contribution is 9.10. The summed E-state index contributed by atoms with van der Waals surface area (Å²) in [4.78, 5) is 8.24. The van der Waals surface area contributed by atoms with Gasteiger partial charge in [0.25, 0.3) is 0 Å². The van der Waals surface area contributed by atoms with Gasteiger partial charge < -0.3 is 9.67 Å². The Balaban J connectivity index is 2.10. The van der Waals surface area contributed by atoms with Crippen LogP contribution in [0.1, 0.15) is 25.8 Å². The summed E-state index contributed by atoms with van der Waals surface area (Å²) in [7, 11) is 0. The standard InChI is InChI=1S/C11H11BrClN3O/c1-11(17)2-6(3-11)16-4-7(12)8-9(13)14-5-15-10(8)16/h4-6,17H,2-3H2,1H3. The minimum atomic E-state index is -0.551. The summed E-state index contributed by atoms with van der Waals surface area (Å²) in [6, 6.07) is 0.282. The molecule has 0 atom stereocenters. The van der Waals surface area contributed by atoms with Crippen molar-refractivity contribution in [2.24, 2.45) is 0 Å². The minimum absolute atomic E-state index is 0.282. The zero-order chi connectivity index (χ0) is 12.2. The lowest BCUT2D eigenvalue weighted by atomic mass is 9.77. The van der Waals surface area contributed by atoms with E-state index >= 15 is 0 Å². The highest BCUT2D eigenvalue weighted by Crippen LogP contribution is 2.43. The third-order valence-electron chi connectivity index (χ3n) is 3.26. The molecule has 0 aromatic carbocycles. The van der Waals surface area contributed by atoms with E-state index in [-0.39, 0.29) is 6.04 Å². The van der Waals surface area contributed by atoms with Crippen molar-refractivity contribution >= 4 is 38.6 Å². The van der Waals surface area contributed by atoms with Crippen molar-refractivity contribution in [2.75, 3.05) is 0 Å². The van der Waals surface area contributed by atoms with Crippen molar-refractivity contribution in [2.45, 2.75) is 31.4 Å². The lowest BCUT2D eigenvalue weighted by Gasteiger charge is -2.41. The third kappa shape index (κ3) is 1.77. The van der Waals surface area contributed by atoms with Crippen molar-refractivity contribution in [3.05, 3.63) is 22.1 Å². The van der Waals surface area contributed by atoms with E-state index in [1.165, 1.54) is 6.33 Å². The molecule has 1 fully saturated rings. The van der Waals surface area contributed by atoms with Gasteiger partial charge >= 0.3 is 0 Å². The Bertz CT molecular complexity index is 588. The average molecular weight is 317 g/mol. The summed E-state index contributed by atoms with van der Waals surface area (Å²) < 4.78 is 2.95. The van der Waals surface area contributed by atoms with Crippen molar-refractivity contribution in [1.29, 1.82) is 0 Å². The van der Waals surface area contributed by atoms with E-state index in [1.807, 2.05) is 13.1 Å². The van der Waals surface area contributed by atoms with Crippen LogP contribution in [0.15, 0.2) is 17.0 Å². The number of rotatable bonds is 1. The number of hydrogen-bond donors (Lipinski definition) is 1. The molecular weight excluding hydrogens is 305 g/mol. The summed E-state index contributed by atoms with van der Waals surface area (Å²) in [5, 5.41) is 11.1. The Morgan fingerprint density at radius 1 is 1.53 bits per heavy atom. The highest BCUT2D eigenvalue weighted by atomic mass is 79.9. The SMILES string of the molecule is CC1(O)CC(n2cc(Br)c3c(Cl)ncnc32)C1. The number of nitrogens with zero attached hydrogens (tertiary/aromatic N) is 3. The van der Waals surface area contributed by atoms with Gasteiger partial charge in [-0.1, -0.05) is 11.6 Å². The molecule has 0 spiro atoms. The largest absolute Gasteiger partial charge is 0.390 e. The van der Waals surface area contributed by atoms with E-state index in [4.69, 9.17) is 11.6 Å². The van der Waals surface area contributed by atoms with Crippen molar-refractivity contribution in [3.63, 3.8) is 0 Å². The molecule has 0 saturated heterocycles. The molecule has 4 nitrogen and oxygen atoms in total. The summed E-state index contributed by atoms with van der Waals surface area (Å²) in [5.41, 5.74) is 0.266. The molecule has 1 aliphatic carbocycles. The normalized spacial score (nSPS) is 28.4. The predicted molar refractivity (Wildman–Crippen MR) is 69.1 cm³/mol. The van der Waals surface area contributed by atoms with Crippen LogP contribution in [0, 0.1) is 0 Å². The number of hydrogen-bond acceptors (Lipinski definition) is 3. The van der Waals surface area contributed by atoms with E-state index in [0.717, 1.165) is 28.3 Å². The monoisotopic (exact) mass is 315 g/mol. The highest BCUT2D eigenvalue weighted by Gasteiger charge is 2.40. The van der Waals surface area contributed by atoms with E-state index in [2.05, 4.69) is 30.5 Å². The maximum absolute atomic E-state index is 9.79. The fourth-order valence-corrected chi connectivity index (χ4v) is 3.36. The molecule has 0 bridgehead atoms. The van der Waals surface area contributed by atoms with Crippen LogP contribution in [0.2, 0.25) is 5.15 Å². The molecule has 3 rings (SSSR count). The van der Waals surface area contributed by atoms with Gasteiger partial charge in [0, 0.05) is 16.7 Å². The molecule has 0 unspecified atom stereocenters. The molecule has 1 aliphatic rings. The van der Waals surface area contributed by atoms with Crippen LogP contribution in [0.25, 0.3) is 11.0 Å². The zero-order valence-electron chi connectivity index (χ0n) is 9.19. The van der Waals surface area contributed by atoms with Gasteiger partial charge in [0.15, 0.2) is 0 Å². The van der Waals surface area contributed by atoms with Crippen LogP contribution in [-0.4, -0.2) is 25.2 Å². The Kier molecular flexibility index (Phi) is 2.47. The second-order valence-electron chi connectivity index (χ2n) is 4.81. The van der Waals surface area contributed by atoms with Gasteiger partial charge in [-0.05, 0) is 35.7 Å². The topological polar surface area (TPSA) is 50.9 Å². The van der Waals surface area contributed by atoms with Crippen LogP contribution in [-0.2, 0) is 0 Å². The molecule has 0 radical (unpaired) electrons. The number of halogens is 2. The fourth-order valence-electron chi connectivity index (χ4n) is 2.43. The van der Waals surface area contributed by atoms with E-state index in [0.29, 0.717) is 5.15 Å². The quantitative estimate of drug-likeness (QED) is 0.823. The smallest absolute Gasteiger partial charge is 0.146 e. The lowest BCUT2D eigenvalue weighted by Crippen LogP contribution is -2.41. The number of fused-ring (bicyclic) bond motifs is 1. The minimum Gasteiger partial charge on any atom is -0.390 e. The van der Waals surface area contributed by atoms with Gasteiger partial charge in [-0.25, -0.2) is 9.97 Å². The van der Waals surface area contributed by atoms with Gasteiger partial charge in [-0.3, -0.25) is 0 Å². The second kappa shape index (κ2) is 3.67. The first-order valence-electron chi connectivity index (χ1n) is 5.37. The van der Waals surface area contributed by atoms with Gasteiger partial charge in [0.2, 0.25) is 0 Å². The molecule has 2 heterocycles. The van der Waals surface area contributed by atoms with Crippen molar-refractivity contribution in [3.8, 4) is 0 Å². The molecule has 6 heteroatoms. The summed E-state index contributed by atoms with van der Waals surface area (Å²) in [6.45, 7) is 1.85. The maximum Gasteiger partial charge on any atom is 0.146 e. The molecule has 90 valence electrons. The second-order valence-corrected chi connectivity index (χ2v) is 6.02. The Morgan fingerprint density at radius 3 is 2.88 bits per heavy atom. The first-order chi connectivity index (χ1) is 7.98. The predicted octanol–water partition coefficient (Wildman–Crippen LogP) is 2.93. The van der Waals surface area contributed by atoms with Gasteiger partial charge in [0.1, 0.15) is 17.1 Å². The maximum atomic E-state index is 9.79. The lowest BCUT2D eigenvalue weighted by molar-refractivity contribution is -0.0498. The van der Waals surface area contributed by atoms with E-state index < -0.39 is 5.60 Å². The zero-order valence-corrected chi connectivity index (χ0v) is 11.5. The van der Waals surface area contributed by atoms with Crippen LogP contribution < -0.4 is 0 Å². The van der Waals surface area contributed by atoms with Crippen LogP contribution in [0.3, 0.4) is 0 Å². The third-order valence-corrected chi connectivity index (χ3v) is 4.15. The first-order valence-corrected chi connectivity index (χ1v) is 6.54. The van der Waals surface area contributed by atoms with Crippen molar-refractivity contribution in [1.82, 2.24) is 14.5 Å². The van der Waals surface area contributed by atoms with Gasteiger partial charge in [0.05, 0.1) is 11.0 Å². The fraction of sp³-hybridized carbons (Fsp3) is 0.455. The Labute approximate surface area is 112 Å². The molecule has 1 saturated carbocycles. The van der Waals surface area contributed by atoms with Crippen LogP contribution in [0.4, 0.5) is 0 Å². The molecule has 2 aromatic heterocycles. The van der Waals surface area contributed by atoms with Crippen LogP contribution >= 0.6 is 27.5 Å². The Hall–Kier alpha value is -0.650. The number of aromatic nitrogens is 3. The number of aliphatic hydroxyl groups is 1. The molecule has 1 N–H and O–H groups in total. The van der Waals surface area contributed by atoms with E-state index in [9.17, 15) is 5.11 Å². The van der Waals surface area contributed by atoms with Gasteiger partial charge in [-0.15, -0.1) is 0 Å². The Morgan fingerprint density at radius 2 is 2.24 bits per heavy atom.